The van der Waals surface area contributed by atoms with Gasteiger partial charge in [0, 0.05) is 17.8 Å². The number of nitrogens with one attached hydrogen (secondary N) is 1. The number of rotatable bonds is 4. The quantitative estimate of drug-likeness (QED) is 0.912. The smallest absolute Gasteiger partial charge is 0.148 e. The highest BCUT2D eigenvalue weighted by molar-refractivity contribution is 5.41. The Balaban J connectivity index is 2.40. The number of nitrogens with zero attached hydrogens (tertiary/aromatic N) is 1. The Morgan fingerprint density at radius 1 is 1.21 bits per heavy atom. The van der Waals surface area contributed by atoms with Gasteiger partial charge in [-0.15, -0.1) is 0 Å². The molecule has 3 nitrogen and oxygen atoms in total. The molecule has 1 N–H and O–H groups in total. The summed E-state index contributed by atoms with van der Waals surface area (Å²) < 4.78 is 19.8. The van der Waals surface area contributed by atoms with Gasteiger partial charge < -0.3 is 10.1 Å². The SMILES string of the molecule is CNC(C)c1c(F)cccc1Oc1cccnc1C. The highest BCUT2D eigenvalue weighted by Gasteiger charge is 2.16. The lowest BCUT2D eigenvalue weighted by Gasteiger charge is -2.17. The van der Waals surface area contributed by atoms with Gasteiger partial charge in [0.1, 0.15) is 17.3 Å². The molecule has 4 heteroatoms. The largest absolute Gasteiger partial charge is 0.455 e. The second-order valence-electron chi connectivity index (χ2n) is 4.35. The molecular formula is C15H17FN2O. The van der Waals surface area contributed by atoms with Crippen LogP contribution in [0.2, 0.25) is 0 Å². The molecule has 1 atom stereocenters. The monoisotopic (exact) mass is 260 g/mol. The molecule has 0 bridgehead atoms. The van der Waals surface area contributed by atoms with Crippen LogP contribution in [0.15, 0.2) is 36.5 Å². The Morgan fingerprint density at radius 2 is 1.95 bits per heavy atom. The fraction of sp³-hybridized carbons (Fsp3) is 0.267. The molecule has 100 valence electrons. The first-order valence-electron chi connectivity index (χ1n) is 6.18. The Kier molecular flexibility index (Phi) is 4.12. The molecule has 1 aromatic heterocycles. The van der Waals surface area contributed by atoms with Crippen LogP contribution in [-0.4, -0.2) is 12.0 Å². The van der Waals surface area contributed by atoms with Crippen LogP contribution in [0.5, 0.6) is 11.5 Å². The summed E-state index contributed by atoms with van der Waals surface area (Å²) >= 11 is 0. The predicted octanol–water partition coefficient (Wildman–Crippen LogP) is 3.60. The van der Waals surface area contributed by atoms with E-state index in [1.54, 1.807) is 31.4 Å². The second kappa shape index (κ2) is 5.80. The maximum atomic E-state index is 14.0. The molecular weight excluding hydrogens is 243 g/mol. The molecule has 0 amide bonds. The van der Waals surface area contributed by atoms with Crippen molar-refractivity contribution >= 4 is 0 Å². The minimum absolute atomic E-state index is 0.131. The highest BCUT2D eigenvalue weighted by Crippen LogP contribution is 2.32. The summed E-state index contributed by atoms with van der Waals surface area (Å²) in [5.74, 6) is 0.872. The first-order valence-corrected chi connectivity index (χ1v) is 6.18. The molecule has 0 aliphatic carbocycles. The number of aromatic nitrogens is 1. The predicted molar refractivity (Wildman–Crippen MR) is 72.9 cm³/mol. The van der Waals surface area contributed by atoms with E-state index in [2.05, 4.69) is 10.3 Å². The van der Waals surface area contributed by atoms with Crippen molar-refractivity contribution in [2.75, 3.05) is 7.05 Å². The molecule has 0 aliphatic heterocycles. The third-order valence-corrected chi connectivity index (χ3v) is 3.06. The van der Waals surface area contributed by atoms with Crippen molar-refractivity contribution in [2.24, 2.45) is 0 Å². The van der Waals surface area contributed by atoms with Crippen LogP contribution in [0.4, 0.5) is 4.39 Å². The fourth-order valence-electron chi connectivity index (χ4n) is 1.87. The zero-order valence-electron chi connectivity index (χ0n) is 11.3. The van der Waals surface area contributed by atoms with Crippen LogP contribution < -0.4 is 10.1 Å². The molecule has 0 spiro atoms. The van der Waals surface area contributed by atoms with Crippen molar-refractivity contribution in [3.8, 4) is 11.5 Å². The number of ether oxygens (including phenoxy) is 1. The maximum Gasteiger partial charge on any atom is 0.148 e. The molecule has 1 heterocycles. The van der Waals surface area contributed by atoms with E-state index in [0.29, 0.717) is 17.1 Å². The zero-order chi connectivity index (χ0) is 13.8. The van der Waals surface area contributed by atoms with Crippen LogP contribution in [0.3, 0.4) is 0 Å². The van der Waals surface area contributed by atoms with Crippen LogP contribution in [0.25, 0.3) is 0 Å². The summed E-state index contributed by atoms with van der Waals surface area (Å²) in [6, 6.07) is 8.32. The van der Waals surface area contributed by atoms with Gasteiger partial charge in [0.2, 0.25) is 0 Å². The fourth-order valence-corrected chi connectivity index (χ4v) is 1.87. The number of pyridine rings is 1. The van der Waals surface area contributed by atoms with Gasteiger partial charge in [-0.25, -0.2) is 4.39 Å². The average molecular weight is 260 g/mol. The van der Waals surface area contributed by atoms with E-state index in [-0.39, 0.29) is 11.9 Å². The zero-order valence-corrected chi connectivity index (χ0v) is 11.3. The van der Waals surface area contributed by atoms with E-state index in [0.717, 1.165) is 5.69 Å². The first-order chi connectivity index (χ1) is 9.13. The molecule has 0 saturated heterocycles. The van der Waals surface area contributed by atoms with Crippen LogP contribution in [0, 0.1) is 12.7 Å². The van der Waals surface area contributed by atoms with Gasteiger partial charge in [-0.3, -0.25) is 4.98 Å². The molecule has 2 aromatic rings. The minimum atomic E-state index is -0.277. The molecule has 0 fully saturated rings. The molecule has 0 saturated carbocycles. The van der Waals surface area contributed by atoms with E-state index in [1.165, 1.54) is 6.07 Å². The Labute approximate surface area is 112 Å². The highest BCUT2D eigenvalue weighted by atomic mass is 19.1. The molecule has 0 aliphatic rings. The van der Waals surface area contributed by atoms with Crippen LogP contribution in [0.1, 0.15) is 24.2 Å². The molecule has 0 radical (unpaired) electrons. The second-order valence-corrected chi connectivity index (χ2v) is 4.35. The molecule has 19 heavy (non-hydrogen) atoms. The van der Waals surface area contributed by atoms with Crippen molar-refractivity contribution in [1.29, 1.82) is 0 Å². The van der Waals surface area contributed by atoms with Gasteiger partial charge >= 0.3 is 0 Å². The van der Waals surface area contributed by atoms with Crippen molar-refractivity contribution in [3.05, 3.63) is 53.6 Å². The van der Waals surface area contributed by atoms with E-state index >= 15 is 0 Å². The number of aryl methyl sites for hydroxylation is 1. The van der Waals surface area contributed by atoms with E-state index in [9.17, 15) is 4.39 Å². The van der Waals surface area contributed by atoms with Gasteiger partial charge in [-0.1, -0.05) is 6.07 Å². The lowest BCUT2D eigenvalue weighted by atomic mass is 10.1. The maximum absolute atomic E-state index is 14.0. The topological polar surface area (TPSA) is 34.1 Å². The third-order valence-electron chi connectivity index (χ3n) is 3.06. The minimum Gasteiger partial charge on any atom is -0.455 e. The molecule has 1 unspecified atom stereocenters. The van der Waals surface area contributed by atoms with E-state index in [1.807, 2.05) is 19.9 Å². The summed E-state index contributed by atoms with van der Waals surface area (Å²) in [7, 11) is 1.79. The lowest BCUT2D eigenvalue weighted by Crippen LogP contribution is -2.15. The van der Waals surface area contributed by atoms with Crippen LogP contribution >= 0.6 is 0 Å². The lowest BCUT2D eigenvalue weighted by molar-refractivity contribution is 0.447. The Hall–Kier alpha value is -1.94. The summed E-state index contributed by atoms with van der Waals surface area (Å²) in [6.45, 7) is 3.75. The first kappa shape index (κ1) is 13.5. The van der Waals surface area contributed by atoms with Gasteiger partial charge in [-0.2, -0.15) is 0 Å². The van der Waals surface area contributed by atoms with Gasteiger partial charge in [-0.05, 0) is 45.2 Å². The Morgan fingerprint density at radius 3 is 2.63 bits per heavy atom. The number of hydrogen-bond donors (Lipinski definition) is 1. The summed E-state index contributed by atoms with van der Waals surface area (Å²) in [4.78, 5) is 4.16. The normalized spacial score (nSPS) is 12.2. The van der Waals surface area contributed by atoms with E-state index < -0.39 is 0 Å². The number of benzene rings is 1. The molecule has 2 rings (SSSR count). The van der Waals surface area contributed by atoms with Crippen molar-refractivity contribution < 1.29 is 9.13 Å². The van der Waals surface area contributed by atoms with Crippen LogP contribution in [-0.2, 0) is 0 Å². The van der Waals surface area contributed by atoms with E-state index in [4.69, 9.17) is 4.74 Å². The van der Waals surface area contributed by atoms with Crippen molar-refractivity contribution in [3.63, 3.8) is 0 Å². The number of hydrogen-bond acceptors (Lipinski definition) is 3. The summed E-state index contributed by atoms with van der Waals surface area (Å²) in [5.41, 5.74) is 1.29. The van der Waals surface area contributed by atoms with Gasteiger partial charge in [0.05, 0.1) is 5.69 Å². The third kappa shape index (κ3) is 2.90. The molecule has 1 aromatic carbocycles. The standard InChI is InChI=1S/C15H17FN2O/c1-10-13(8-5-9-18-10)19-14-7-4-6-12(16)15(14)11(2)17-3/h4-9,11,17H,1-3H3. The number of halogens is 1. The van der Waals surface area contributed by atoms with Gasteiger partial charge in [0.15, 0.2) is 0 Å². The van der Waals surface area contributed by atoms with Gasteiger partial charge in [0.25, 0.3) is 0 Å². The van der Waals surface area contributed by atoms with Crippen molar-refractivity contribution in [1.82, 2.24) is 10.3 Å². The summed E-state index contributed by atoms with van der Waals surface area (Å²) in [6.07, 6.45) is 1.70. The van der Waals surface area contributed by atoms with Crippen molar-refractivity contribution in [2.45, 2.75) is 19.9 Å². The summed E-state index contributed by atoms with van der Waals surface area (Å²) in [5, 5.41) is 3.03. The average Bonchev–Trinajstić information content (AvgIpc) is 2.41. The Bertz CT molecular complexity index is 572.